The van der Waals surface area contributed by atoms with Gasteiger partial charge in [0.1, 0.15) is 5.75 Å². The normalized spacial score (nSPS) is 10.7. The Hall–Kier alpha value is -2.29. The fraction of sp³-hybridized carbons (Fsp3) is 0.409. The third-order valence-corrected chi connectivity index (χ3v) is 4.07. The lowest BCUT2D eigenvalue weighted by Gasteiger charge is -2.08. The van der Waals surface area contributed by atoms with Crippen molar-refractivity contribution in [3.8, 4) is 5.75 Å². The Labute approximate surface area is 151 Å². The van der Waals surface area contributed by atoms with Gasteiger partial charge in [0.2, 0.25) is 0 Å². The molecule has 0 N–H and O–H groups in total. The Bertz CT molecular complexity index is 642. The van der Waals surface area contributed by atoms with Crippen LogP contribution < -0.4 is 4.74 Å². The zero-order chi connectivity index (χ0) is 18.1. The topological polar surface area (TPSA) is 35.5 Å². The Balaban J connectivity index is 1.67. The minimum atomic E-state index is -0.328. The maximum Gasteiger partial charge on any atom is 0.337 e. The van der Waals surface area contributed by atoms with Crippen molar-refractivity contribution < 1.29 is 14.3 Å². The highest BCUT2D eigenvalue weighted by Crippen LogP contribution is 2.14. The van der Waals surface area contributed by atoms with Gasteiger partial charge in [-0.25, -0.2) is 4.79 Å². The van der Waals surface area contributed by atoms with Crippen LogP contribution in [0, 0.1) is 5.92 Å². The van der Waals surface area contributed by atoms with E-state index in [2.05, 4.69) is 42.8 Å². The highest BCUT2D eigenvalue weighted by atomic mass is 16.5. The first kappa shape index (κ1) is 19.0. The molecule has 0 saturated carbocycles. The van der Waals surface area contributed by atoms with Crippen LogP contribution in [0.25, 0.3) is 0 Å². The summed E-state index contributed by atoms with van der Waals surface area (Å²) in [6.45, 7) is 5.18. The molecule has 2 aromatic carbocycles. The number of hydrogen-bond acceptors (Lipinski definition) is 3. The van der Waals surface area contributed by atoms with E-state index in [9.17, 15) is 4.79 Å². The standard InChI is InChI=1S/C22H28O3/c1-17(2)16-19-9-7-18(8-10-19)6-4-5-15-25-21-13-11-20(12-14-21)22(23)24-3/h7-14,17H,4-6,15-16H2,1-3H3. The van der Waals surface area contributed by atoms with E-state index in [1.165, 1.54) is 18.2 Å². The molecule has 0 fully saturated rings. The van der Waals surface area contributed by atoms with Gasteiger partial charge in [-0.1, -0.05) is 38.1 Å². The Kier molecular flexibility index (Phi) is 7.52. The van der Waals surface area contributed by atoms with Crippen molar-refractivity contribution in [2.75, 3.05) is 13.7 Å². The summed E-state index contributed by atoms with van der Waals surface area (Å²) in [5.41, 5.74) is 3.34. The molecular weight excluding hydrogens is 312 g/mol. The van der Waals surface area contributed by atoms with Gasteiger partial charge >= 0.3 is 5.97 Å². The number of methoxy groups -OCH3 is 1. The van der Waals surface area contributed by atoms with E-state index in [-0.39, 0.29) is 5.97 Å². The van der Waals surface area contributed by atoms with E-state index < -0.39 is 0 Å². The van der Waals surface area contributed by atoms with Crippen LogP contribution in [0.4, 0.5) is 0 Å². The number of rotatable bonds is 9. The predicted molar refractivity (Wildman–Crippen MR) is 101 cm³/mol. The first-order chi connectivity index (χ1) is 12.1. The zero-order valence-corrected chi connectivity index (χ0v) is 15.5. The molecule has 3 nitrogen and oxygen atoms in total. The molecule has 0 amide bonds. The second-order valence-corrected chi connectivity index (χ2v) is 6.74. The number of aryl methyl sites for hydroxylation is 1. The van der Waals surface area contributed by atoms with Crippen molar-refractivity contribution in [3.05, 3.63) is 65.2 Å². The summed E-state index contributed by atoms with van der Waals surface area (Å²) >= 11 is 0. The first-order valence-electron chi connectivity index (χ1n) is 8.97. The van der Waals surface area contributed by atoms with Crippen LogP contribution in [0.5, 0.6) is 5.75 Å². The number of unbranched alkanes of at least 4 members (excludes halogenated alkanes) is 1. The highest BCUT2D eigenvalue weighted by Gasteiger charge is 2.04. The molecule has 134 valence electrons. The molecule has 0 aromatic heterocycles. The number of benzene rings is 2. The third kappa shape index (κ3) is 6.61. The zero-order valence-electron chi connectivity index (χ0n) is 15.5. The van der Waals surface area contributed by atoms with Crippen LogP contribution in [0.1, 0.15) is 48.2 Å². The van der Waals surface area contributed by atoms with E-state index in [1.54, 1.807) is 24.3 Å². The Morgan fingerprint density at radius 1 is 0.920 bits per heavy atom. The fourth-order valence-electron chi connectivity index (χ4n) is 2.74. The molecule has 0 radical (unpaired) electrons. The molecule has 0 spiro atoms. The predicted octanol–water partition coefficient (Wildman–Crippen LogP) is 5.07. The van der Waals surface area contributed by atoms with E-state index >= 15 is 0 Å². The Morgan fingerprint density at radius 2 is 1.56 bits per heavy atom. The molecule has 0 unspecified atom stereocenters. The van der Waals surface area contributed by atoms with Gasteiger partial charge in [0.25, 0.3) is 0 Å². The van der Waals surface area contributed by atoms with Crippen molar-refractivity contribution in [1.82, 2.24) is 0 Å². The lowest BCUT2D eigenvalue weighted by molar-refractivity contribution is 0.0600. The maximum atomic E-state index is 11.4. The highest BCUT2D eigenvalue weighted by molar-refractivity contribution is 5.89. The van der Waals surface area contributed by atoms with Gasteiger partial charge in [0, 0.05) is 0 Å². The number of carbonyl (C=O) groups excluding carboxylic acids is 1. The summed E-state index contributed by atoms with van der Waals surface area (Å²) in [6, 6.07) is 16.0. The van der Waals surface area contributed by atoms with Crippen LogP contribution in [0.3, 0.4) is 0 Å². The van der Waals surface area contributed by atoms with Gasteiger partial charge in [0.05, 0.1) is 19.3 Å². The molecule has 2 rings (SSSR count). The molecule has 2 aromatic rings. The van der Waals surface area contributed by atoms with Crippen molar-refractivity contribution in [3.63, 3.8) is 0 Å². The van der Waals surface area contributed by atoms with Gasteiger partial charge in [-0.2, -0.15) is 0 Å². The van der Waals surface area contributed by atoms with Gasteiger partial charge in [-0.05, 0) is 67.0 Å². The number of hydrogen-bond donors (Lipinski definition) is 0. The fourth-order valence-corrected chi connectivity index (χ4v) is 2.74. The van der Waals surface area contributed by atoms with E-state index in [4.69, 9.17) is 4.74 Å². The quantitative estimate of drug-likeness (QED) is 0.472. The lowest BCUT2D eigenvalue weighted by atomic mass is 10.0. The monoisotopic (exact) mass is 340 g/mol. The lowest BCUT2D eigenvalue weighted by Crippen LogP contribution is -2.02. The van der Waals surface area contributed by atoms with Gasteiger partial charge in [-0.15, -0.1) is 0 Å². The summed E-state index contributed by atoms with van der Waals surface area (Å²) in [7, 11) is 1.38. The average molecular weight is 340 g/mol. The van der Waals surface area contributed by atoms with Crippen molar-refractivity contribution in [2.45, 2.75) is 39.5 Å². The molecular formula is C22H28O3. The first-order valence-corrected chi connectivity index (χ1v) is 8.97. The minimum Gasteiger partial charge on any atom is -0.494 e. The maximum absolute atomic E-state index is 11.4. The summed E-state index contributed by atoms with van der Waals surface area (Å²) in [5, 5.41) is 0. The summed E-state index contributed by atoms with van der Waals surface area (Å²) in [6.07, 6.45) is 4.33. The molecule has 0 aliphatic rings. The van der Waals surface area contributed by atoms with E-state index in [1.807, 2.05) is 0 Å². The number of ether oxygens (including phenoxy) is 2. The van der Waals surface area contributed by atoms with Gasteiger partial charge < -0.3 is 9.47 Å². The van der Waals surface area contributed by atoms with E-state index in [0.717, 1.165) is 31.4 Å². The van der Waals surface area contributed by atoms with Crippen LogP contribution in [-0.2, 0) is 17.6 Å². The van der Waals surface area contributed by atoms with Gasteiger partial charge in [-0.3, -0.25) is 0 Å². The van der Waals surface area contributed by atoms with E-state index in [0.29, 0.717) is 18.1 Å². The molecule has 0 aliphatic carbocycles. The number of esters is 1. The second-order valence-electron chi connectivity index (χ2n) is 6.74. The molecule has 0 bridgehead atoms. The van der Waals surface area contributed by atoms with Gasteiger partial charge in [0.15, 0.2) is 0 Å². The Morgan fingerprint density at radius 3 is 2.16 bits per heavy atom. The minimum absolute atomic E-state index is 0.328. The molecule has 0 atom stereocenters. The molecule has 0 heterocycles. The second kappa shape index (κ2) is 9.87. The summed E-state index contributed by atoms with van der Waals surface area (Å²) in [5.74, 6) is 1.15. The smallest absolute Gasteiger partial charge is 0.337 e. The largest absolute Gasteiger partial charge is 0.494 e. The molecule has 3 heteroatoms. The van der Waals surface area contributed by atoms with Crippen molar-refractivity contribution in [1.29, 1.82) is 0 Å². The molecule has 0 saturated heterocycles. The third-order valence-electron chi connectivity index (χ3n) is 4.07. The molecule has 0 aliphatic heterocycles. The average Bonchev–Trinajstić information content (AvgIpc) is 2.62. The SMILES string of the molecule is COC(=O)c1ccc(OCCCCc2ccc(CC(C)C)cc2)cc1. The van der Waals surface area contributed by atoms with Crippen LogP contribution >= 0.6 is 0 Å². The van der Waals surface area contributed by atoms with Crippen LogP contribution in [0.15, 0.2) is 48.5 Å². The summed E-state index contributed by atoms with van der Waals surface area (Å²) in [4.78, 5) is 11.4. The van der Waals surface area contributed by atoms with Crippen LogP contribution in [0.2, 0.25) is 0 Å². The van der Waals surface area contributed by atoms with Crippen molar-refractivity contribution >= 4 is 5.97 Å². The van der Waals surface area contributed by atoms with Crippen LogP contribution in [-0.4, -0.2) is 19.7 Å². The summed E-state index contributed by atoms with van der Waals surface area (Å²) < 4.78 is 10.4. The number of carbonyl (C=O) groups is 1. The molecule has 25 heavy (non-hydrogen) atoms. The van der Waals surface area contributed by atoms with Crippen molar-refractivity contribution in [2.24, 2.45) is 5.92 Å².